The fourth-order valence-electron chi connectivity index (χ4n) is 9.24. The molecular weight excluding hydrogens is 737 g/mol. The Morgan fingerprint density at radius 2 is 0.902 bits per heavy atom. The average molecular weight is 779 g/mol. The highest BCUT2D eigenvalue weighted by Crippen LogP contribution is 2.48. The lowest BCUT2D eigenvalue weighted by Crippen LogP contribution is -2.11. The van der Waals surface area contributed by atoms with E-state index in [1.165, 1.54) is 71.6 Å². The topological polar surface area (TPSA) is 8.17 Å². The molecule has 0 fully saturated rings. The summed E-state index contributed by atoms with van der Waals surface area (Å²) in [5, 5.41) is 4.89. The lowest BCUT2D eigenvalue weighted by atomic mass is 9.93. The van der Waals surface area contributed by atoms with E-state index in [1.807, 2.05) is 0 Å². The van der Waals surface area contributed by atoms with Gasteiger partial charge in [0.2, 0.25) is 0 Å². The van der Waals surface area contributed by atoms with Crippen molar-refractivity contribution in [2.75, 3.05) is 4.90 Å². The molecule has 0 aliphatic rings. The van der Waals surface area contributed by atoms with Crippen molar-refractivity contribution in [2.45, 2.75) is 6.92 Å². The van der Waals surface area contributed by atoms with E-state index >= 15 is 0 Å². The van der Waals surface area contributed by atoms with Crippen molar-refractivity contribution in [3.05, 3.63) is 242 Å². The van der Waals surface area contributed by atoms with E-state index in [1.54, 1.807) is 0 Å². The quantitative estimate of drug-likeness (QED) is 0.149. The third-order valence-corrected chi connectivity index (χ3v) is 12.0. The third kappa shape index (κ3) is 6.46. The van der Waals surface area contributed by atoms with Crippen LogP contribution in [0.25, 0.3) is 82.8 Å². The van der Waals surface area contributed by atoms with Crippen molar-refractivity contribution in [2.24, 2.45) is 0 Å². The highest BCUT2D eigenvalue weighted by molar-refractivity contribution is 6.17. The summed E-state index contributed by atoms with van der Waals surface area (Å²) in [6, 6.07) is 86.1. The fraction of sp³-hybridized carbons (Fsp3) is 0.0169. The molecule has 0 atom stereocenters. The summed E-state index contributed by atoms with van der Waals surface area (Å²) in [4.78, 5) is 2.46. The van der Waals surface area contributed by atoms with Gasteiger partial charge in [-0.1, -0.05) is 194 Å². The fourth-order valence-corrected chi connectivity index (χ4v) is 9.24. The second-order valence-electron chi connectivity index (χ2n) is 15.8. The molecule has 11 rings (SSSR count). The van der Waals surface area contributed by atoms with Crippen LogP contribution in [0.4, 0.5) is 17.1 Å². The largest absolute Gasteiger partial charge is 0.309 e. The predicted octanol–water partition coefficient (Wildman–Crippen LogP) is 16.4. The van der Waals surface area contributed by atoms with Gasteiger partial charge in [-0.3, -0.25) is 0 Å². The first-order valence-electron chi connectivity index (χ1n) is 21.0. The van der Waals surface area contributed by atoms with E-state index in [-0.39, 0.29) is 0 Å². The van der Waals surface area contributed by atoms with Gasteiger partial charge in [0, 0.05) is 27.6 Å². The molecule has 0 saturated carbocycles. The predicted molar refractivity (Wildman–Crippen MR) is 259 cm³/mol. The second-order valence-corrected chi connectivity index (χ2v) is 15.8. The molecule has 0 spiro atoms. The van der Waals surface area contributed by atoms with Crippen molar-refractivity contribution in [1.29, 1.82) is 0 Å². The SMILES string of the molecule is Cc1cccc(-c2cc(-c3cccc4ccccc34)ccc2-n2c3ccccc3c3c(N(c4ccc(-c5ccccc5)cc4)c4ccccc4-c4ccccc4)cccc32)c1. The molecule has 0 saturated heterocycles. The van der Waals surface area contributed by atoms with Crippen LogP contribution in [0, 0.1) is 6.92 Å². The van der Waals surface area contributed by atoms with E-state index in [2.05, 4.69) is 253 Å². The van der Waals surface area contributed by atoms with E-state index in [9.17, 15) is 0 Å². The maximum absolute atomic E-state index is 2.48. The van der Waals surface area contributed by atoms with Crippen molar-refractivity contribution < 1.29 is 0 Å². The lowest BCUT2D eigenvalue weighted by molar-refractivity contribution is 1.18. The lowest BCUT2D eigenvalue weighted by Gasteiger charge is -2.29. The van der Waals surface area contributed by atoms with Gasteiger partial charge in [0.05, 0.1) is 28.1 Å². The van der Waals surface area contributed by atoms with Crippen LogP contribution in [0.15, 0.2) is 237 Å². The molecule has 1 heterocycles. The number of para-hydroxylation sites is 2. The Hall–Kier alpha value is -7.94. The minimum Gasteiger partial charge on any atom is -0.309 e. The van der Waals surface area contributed by atoms with Gasteiger partial charge in [0.25, 0.3) is 0 Å². The van der Waals surface area contributed by atoms with E-state index in [4.69, 9.17) is 0 Å². The number of fused-ring (bicyclic) bond motifs is 4. The zero-order valence-corrected chi connectivity index (χ0v) is 33.9. The molecule has 288 valence electrons. The minimum absolute atomic E-state index is 1.09. The number of rotatable bonds is 8. The van der Waals surface area contributed by atoms with Crippen LogP contribution in [0.2, 0.25) is 0 Å². The summed E-state index contributed by atoms with van der Waals surface area (Å²) in [5.74, 6) is 0. The van der Waals surface area contributed by atoms with Crippen LogP contribution in [-0.2, 0) is 0 Å². The van der Waals surface area contributed by atoms with E-state index in [0.717, 1.165) is 33.8 Å². The Kier molecular flexibility index (Phi) is 9.09. The molecule has 0 amide bonds. The van der Waals surface area contributed by atoms with Gasteiger partial charge in [-0.05, 0) is 99.6 Å². The zero-order chi connectivity index (χ0) is 40.7. The van der Waals surface area contributed by atoms with Gasteiger partial charge < -0.3 is 9.47 Å². The van der Waals surface area contributed by atoms with Gasteiger partial charge in [-0.25, -0.2) is 0 Å². The highest BCUT2D eigenvalue weighted by Gasteiger charge is 2.24. The Morgan fingerprint density at radius 1 is 0.344 bits per heavy atom. The highest BCUT2D eigenvalue weighted by atomic mass is 15.2. The normalized spacial score (nSPS) is 11.4. The van der Waals surface area contributed by atoms with Crippen LogP contribution in [-0.4, -0.2) is 4.57 Å². The smallest absolute Gasteiger partial charge is 0.0562 e. The molecule has 61 heavy (non-hydrogen) atoms. The van der Waals surface area contributed by atoms with Crippen molar-refractivity contribution >= 4 is 49.6 Å². The van der Waals surface area contributed by atoms with Crippen LogP contribution in [0.1, 0.15) is 5.56 Å². The number of aryl methyl sites for hydroxylation is 1. The number of hydrogen-bond donors (Lipinski definition) is 0. The molecule has 1 aromatic heterocycles. The van der Waals surface area contributed by atoms with Crippen LogP contribution in [0.5, 0.6) is 0 Å². The summed E-state index contributed by atoms with van der Waals surface area (Å²) >= 11 is 0. The summed E-state index contributed by atoms with van der Waals surface area (Å²) in [5.41, 5.74) is 17.5. The maximum atomic E-state index is 2.48. The van der Waals surface area contributed by atoms with Gasteiger partial charge in [0.1, 0.15) is 0 Å². The minimum atomic E-state index is 1.09. The first kappa shape index (κ1) is 36.2. The first-order chi connectivity index (χ1) is 30.2. The van der Waals surface area contributed by atoms with Gasteiger partial charge >= 0.3 is 0 Å². The number of anilines is 3. The van der Waals surface area contributed by atoms with Gasteiger partial charge in [0.15, 0.2) is 0 Å². The number of hydrogen-bond acceptors (Lipinski definition) is 1. The summed E-state index contributed by atoms with van der Waals surface area (Å²) in [6.45, 7) is 2.18. The molecule has 2 nitrogen and oxygen atoms in total. The first-order valence-corrected chi connectivity index (χ1v) is 21.0. The third-order valence-electron chi connectivity index (χ3n) is 12.0. The average Bonchev–Trinajstić information content (AvgIpc) is 3.67. The number of nitrogens with zero attached hydrogens (tertiary/aromatic N) is 2. The second kappa shape index (κ2) is 15.3. The molecule has 11 aromatic rings. The molecular formula is C59H42N2. The Labute approximate surface area is 356 Å². The van der Waals surface area contributed by atoms with E-state index in [0.29, 0.717) is 0 Å². The molecule has 10 aromatic carbocycles. The maximum Gasteiger partial charge on any atom is 0.0562 e. The van der Waals surface area contributed by atoms with Gasteiger partial charge in [-0.15, -0.1) is 0 Å². The van der Waals surface area contributed by atoms with Crippen LogP contribution in [0.3, 0.4) is 0 Å². The number of aromatic nitrogens is 1. The van der Waals surface area contributed by atoms with E-state index < -0.39 is 0 Å². The van der Waals surface area contributed by atoms with Gasteiger partial charge in [-0.2, -0.15) is 0 Å². The molecule has 0 aliphatic heterocycles. The Morgan fingerprint density at radius 3 is 1.72 bits per heavy atom. The summed E-state index contributed by atoms with van der Waals surface area (Å²) in [6.07, 6.45) is 0. The molecule has 0 N–H and O–H groups in total. The molecule has 0 radical (unpaired) electrons. The molecule has 0 unspecified atom stereocenters. The molecule has 0 aliphatic carbocycles. The molecule has 2 heteroatoms. The van der Waals surface area contributed by atoms with Crippen molar-refractivity contribution in [1.82, 2.24) is 4.57 Å². The summed E-state index contributed by atoms with van der Waals surface area (Å²) in [7, 11) is 0. The van der Waals surface area contributed by atoms with Crippen molar-refractivity contribution in [3.63, 3.8) is 0 Å². The standard InChI is InChI=1S/C59H42N2/c1-41-17-14-24-46(39-41)53-40-47(50-28-15-23-44-22-8-9-25-49(44)50)35-38-56(53)61-55-30-13-11-27-52(55)59-57(31-16-32-58(59)61)60(48-36-33-43(34-37-48)42-18-4-2-5-19-42)54-29-12-10-26-51(54)45-20-6-3-7-21-45/h2-40H,1H3. The van der Waals surface area contributed by atoms with Crippen LogP contribution < -0.4 is 4.90 Å². The monoisotopic (exact) mass is 778 g/mol. The summed E-state index contributed by atoms with van der Waals surface area (Å²) < 4.78 is 2.48. The molecule has 0 bridgehead atoms. The zero-order valence-electron chi connectivity index (χ0n) is 33.9. The van der Waals surface area contributed by atoms with Crippen molar-refractivity contribution in [3.8, 4) is 50.2 Å². The Bertz CT molecular complexity index is 3350. The number of benzene rings is 10. The van der Waals surface area contributed by atoms with Crippen LogP contribution >= 0.6 is 0 Å². The Balaban J connectivity index is 1.18.